The van der Waals surface area contributed by atoms with E-state index in [-0.39, 0.29) is 46.5 Å². The minimum absolute atomic E-state index is 0. The predicted molar refractivity (Wildman–Crippen MR) is 83.0 cm³/mol. The van der Waals surface area contributed by atoms with Gasteiger partial charge < -0.3 is 10.6 Å². The summed E-state index contributed by atoms with van der Waals surface area (Å²) in [6, 6.07) is 4.14. The highest BCUT2D eigenvalue weighted by Gasteiger charge is 2.34. The highest BCUT2D eigenvalue weighted by Crippen LogP contribution is 2.29. The second kappa shape index (κ2) is 7.06. The number of amides is 1. The molecule has 2 N–H and O–H groups in total. The molecule has 2 unspecified atom stereocenters. The lowest BCUT2D eigenvalue weighted by Gasteiger charge is -2.21. The summed E-state index contributed by atoms with van der Waals surface area (Å²) in [5, 5.41) is 11.3. The molecule has 2 atom stereocenters. The predicted octanol–water partition coefficient (Wildman–Crippen LogP) is 2.48. The maximum Gasteiger partial charge on any atom is 0.283 e. The van der Waals surface area contributed by atoms with Gasteiger partial charge in [-0.3, -0.25) is 14.9 Å². The van der Waals surface area contributed by atoms with Gasteiger partial charge in [0, 0.05) is 23.7 Å². The van der Waals surface area contributed by atoms with Crippen LogP contribution in [0.4, 0.5) is 5.69 Å². The lowest BCUT2D eigenvalue weighted by molar-refractivity contribution is -0.385. The van der Waals surface area contributed by atoms with Crippen molar-refractivity contribution < 1.29 is 9.72 Å². The Labute approximate surface area is 133 Å². The molecule has 1 fully saturated rings. The summed E-state index contributed by atoms with van der Waals surface area (Å²) >= 11 is 5.75. The van der Waals surface area contributed by atoms with Crippen LogP contribution in [0.25, 0.3) is 0 Å². The minimum Gasteiger partial charge on any atom is -0.335 e. The van der Waals surface area contributed by atoms with E-state index in [1.807, 2.05) is 6.92 Å². The first-order valence-electron chi connectivity index (χ1n) is 6.39. The van der Waals surface area contributed by atoms with Crippen LogP contribution < -0.4 is 5.73 Å². The number of nitro groups is 1. The number of likely N-dealkylation sites (tertiary alicyclic amines) is 1. The monoisotopic (exact) mass is 333 g/mol. The molecule has 1 aromatic rings. The van der Waals surface area contributed by atoms with Crippen LogP contribution >= 0.6 is 24.0 Å². The lowest BCUT2D eigenvalue weighted by Crippen LogP contribution is -2.34. The highest BCUT2D eigenvalue weighted by atomic mass is 35.5. The molecule has 0 aliphatic carbocycles. The maximum atomic E-state index is 12.5. The fourth-order valence-corrected chi connectivity index (χ4v) is 2.75. The van der Waals surface area contributed by atoms with Gasteiger partial charge in [0.05, 0.1) is 4.92 Å². The number of rotatable bonds is 3. The molecule has 1 saturated heterocycles. The fourth-order valence-electron chi connectivity index (χ4n) is 2.59. The number of nitro benzene ring substituents is 1. The summed E-state index contributed by atoms with van der Waals surface area (Å²) < 4.78 is 0. The minimum atomic E-state index is -0.583. The van der Waals surface area contributed by atoms with Crippen LogP contribution in [0, 0.1) is 16.0 Å². The number of hydrogen-bond acceptors (Lipinski definition) is 4. The van der Waals surface area contributed by atoms with Crippen molar-refractivity contribution >= 4 is 35.6 Å². The molecule has 1 amide bonds. The summed E-state index contributed by atoms with van der Waals surface area (Å²) in [5.41, 5.74) is 5.45. The smallest absolute Gasteiger partial charge is 0.283 e. The highest BCUT2D eigenvalue weighted by molar-refractivity contribution is 6.31. The number of hydrogen-bond donors (Lipinski definition) is 1. The van der Waals surface area contributed by atoms with E-state index in [2.05, 4.69) is 0 Å². The lowest BCUT2D eigenvalue weighted by atomic mass is 10.1. The van der Waals surface area contributed by atoms with E-state index in [0.717, 1.165) is 6.42 Å². The largest absolute Gasteiger partial charge is 0.335 e. The normalized spacial score (nSPS) is 21.0. The molecule has 21 heavy (non-hydrogen) atoms. The van der Waals surface area contributed by atoms with Gasteiger partial charge in [0.15, 0.2) is 0 Å². The molecule has 1 aliphatic rings. The Balaban J connectivity index is 0.00000220. The van der Waals surface area contributed by atoms with Gasteiger partial charge in [0.1, 0.15) is 5.56 Å². The van der Waals surface area contributed by atoms with E-state index < -0.39 is 4.92 Å². The van der Waals surface area contributed by atoms with Crippen molar-refractivity contribution in [3.63, 3.8) is 0 Å². The van der Waals surface area contributed by atoms with Crippen LogP contribution in [-0.4, -0.2) is 34.9 Å². The summed E-state index contributed by atoms with van der Waals surface area (Å²) in [7, 11) is 0. The number of nitrogens with two attached hydrogens (primary N) is 1. The summed E-state index contributed by atoms with van der Waals surface area (Å²) in [5.74, 6) is -0.0860. The average Bonchev–Trinajstić information content (AvgIpc) is 2.79. The number of benzene rings is 1. The Morgan fingerprint density at radius 2 is 2.24 bits per heavy atom. The SMILES string of the molecule is CC1CC(CN)CN1C(=O)c1ccc(Cl)cc1[N+](=O)[O-].Cl. The molecule has 0 spiro atoms. The number of halogens is 2. The first-order chi connectivity index (χ1) is 9.43. The first kappa shape index (κ1) is 17.7. The third-order valence-electron chi connectivity index (χ3n) is 3.64. The summed E-state index contributed by atoms with van der Waals surface area (Å²) in [4.78, 5) is 24.6. The number of carbonyl (C=O) groups is 1. The van der Waals surface area contributed by atoms with Gasteiger partial charge in [0.2, 0.25) is 0 Å². The van der Waals surface area contributed by atoms with Gasteiger partial charge in [0.25, 0.3) is 11.6 Å². The summed E-state index contributed by atoms with van der Waals surface area (Å²) in [6.45, 7) is 2.97. The zero-order valence-corrected chi connectivity index (χ0v) is 13.1. The quantitative estimate of drug-likeness (QED) is 0.679. The first-order valence-corrected chi connectivity index (χ1v) is 6.76. The van der Waals surface area contributed by atoms with E-state index in [4.69, 9.17) is 17.3 Å². The van der Waals surface area contributed by atoms with Crippen LogP contribution in [0.1, 0.15) is 23.7 Å². The molecule has 0 bridgehead atoms. The second-order valence-electron chi connectivity index (χ2n) is 5.06. The van der Waals surface area contributed by atoms with Gasteiger partial charge in [-0.15, -0.1) is 12.4 Å². The standard InChI is InChI=1S/C13H16ClN3O3.ClH/c1-8-4-9(6-15)7-16(8)13(18)11-3-2-10(14)5-12(11)17(19)20;/h2-3,5,8-9H,4,6-7,15H2,1H3;1H. The Morgan fingerprint density at radius 3 is 2.76 bits per heavy atom. The van der Waals surface area contributed by atoms with Crippen molar-refractivity contribution in [1.82, 2.24) is 4.90 Å². The topological polar surface area (TPSA) is 89.5 Å². The second-order valence-corrected chi connectivity index (χ2v) is 5.50. The Bertz CT molecular complexity index is 553. The molecule has 0 saturated carbocycles. The maximum absolute atomic E-state index is 12.5. The average molecular weight is 334 g/mol. The number of nitrogens with zero attached hydrogens (tertiary/aromatic N) is 2. The van der Waals surface area contributed by atoms with Crippen LogP contribution in [0.15, 0.2) is 18.2 Å². The molecule has 1 aromatic carbocycles. The van der Waals surface area contributed by atoms with Crippen molar-refractivity contribution in [3.05, 3.63) is 38.9 Å². The molecule has 1 heterocycles. The molecule has 0 radical (unpaired) electrons. The van der Waals surface area contributed by atoms with E-state index >= 15 is 0 Å². The Morgan fingerprint density at radius 1 is 1.57 bits per heavy atom. The van der Waals surface area contributed by atoms with Crippen LogP contribution in [0.2, 0.25) is 5.02 Å². The van der Waals surface area contributed by atoms with Crippen LogP contribution in [-0.2, 0) is 0 Å². The van der Waals surface area contributed by atoms with E-state index in [1.54, 1.807) is 4.90 Å². The Kier molecular flexibility index (Phi) is 5.95. The van der Waals surface area contributed by atoms with Crippen molar-refractivity contribution in [2.45, 2.75) is 19.4 Å². The van der Waals surface area contributed by atoms with Crippen LogP contribution in [0.3, 0.4) is 0 Å². The van der Waals surface area contributed by atoms with E-state index in [9.17, 15) is 14.9 Å². The third kappa shape index (κ3) is 3.64. The third-order valence-corrected chi connectivity index (χ3v) is 3.88. The van der Waals surface area contributed by atoms with Crippen molar-refractivity contribution in [3.8, 4) is 0 Å². The van der Waals surface area contributed by atoms with Gasteiger partial charge in [-0.2, -0.15) is 0 Å². The summed E-state index contributed by atoms with van der Waals surface area (Å²) in [6.07, 6.45) is 0.823. The van der Waals surface area contributed by atoms with Gasteiger partial charge in [-0.25, -0.2) is 0 Å². The van der Waals surface area contributed by atoms with Crippen LogP contribution in [0.5, 0.6) is 0 Å². The van der Waals surface area contributed by atoms with Crippen molar-refractivity contribution in [2.75, 3.05) is 13.1 Å². The molecule has 116 valence electrons. The fraction of sp³-hybridized carbons (Fsp3) is 0.462. The molecule has 0 aromatic heterocycles. The van der Waals surface area contributed by atoms with Gasteiger partial charge in [-0.05, 0) is 37.9 Å². The van der Waals surface area contributed by atoms with E-state index in [0.29, 0.717) is 13.1 Å². The van der Waals surface area contributed by atoms with E-state index in [1.165, 1.54) is 18.2 Å². The Hall–Kier alpha value is -1.37. The zero-order chi connectivity index (χ0) is 14.9. The molecular formula is C13H17Cl2N3O3. The van der Waals surface area contributed by atoms with Gasteiger partial charge >= 0.3 is 0 Å². The number of carbonyl (C=O) groups excluding carboxylic acids is 1. The van der Waals surface area contributed by atoms with Gasteiger partial charge in [-0.1, -0.05) is 11.6 Å². The zero-order valence-electron chi connectivity index (χ0n) is 11.5. The van der Waals surface area contributed by atoms with Crippen molar-refractivity contribution in [2.24, 2.45) is 11.7 Å². The molecule has 1 aliphatic heterocycles. The molecular weight excluding hydrogens is 317 g/mol. The van der Waals surface area contributed by atoms with Crippen molar-refractivity contribution in [1.29, 1.82) is 0 Å². The molecule has 6 nitrogen and oxygen atoms in total. The molecule has 2 rings (SSSR count). The molecule has 8 heteroatoms.